The largest absolute Gasteiger partial charge is 0.487 e. The number of ether oxygens (including phenoxy) is 1. The van der Waals surface area contributed by atoms with Crippen molar-refractivity contribution in [1.82, 2.24) is 0 Å². The molecule has 0 aliphatic carbocycles. The van der Waals surface area contributed by atoms with Gasteiger partial charge in [-0.25, -0.2) is 8.78 Å². The van der Waals surface area contributed by atoms with Gasteiger partial charge >= 0.3 is 0 Å². The minimum absolute atomic E-state index is 0.0142. The Hall–Kier alpha value is -2.10. The first-order chi connectivity index (χ1) is 8.16. The maximum Gasteiger partial charge on any atom is 0.145 e. The van der Waals surface area contributed by atoms with E-state index in [2.05, 4.69) is 0 Å². The molecule has 0 saturated heterocycles. The summed E-state index contributed by atoms with van der Waals surface area (Å²) in [7, 11) is 0. The maximum absolute atomic E-state index is 13.3. The maximum atomic E-state index is 13.3. The van der Waals surface area contributed by atoms with Gasteiger partial charge in [0.2, 0.25) is 0 Å². The van der Waals surface area contributed by atoms with Gasteiger partial charge in [0.05, 0.1) is 5.69 Å². The van der Waals surface area contributed by atoms with Crippen LogP contribution < -0.4 is 10.5 Å². The summed E-state index contributed by atoms with van der Waals surface area (Å²) < 4.78 is 31.5. The summed E-state index contributed by atoms with van der Waals surface area (Å²) in [5.41, 5.74) is 6.33. The predicted molar refractivity (Wildman–Crippen MR) is 61.5 cm³/mol. The van der Waals surface area contributed by atoms with Crippen molar-refractivity contribution in [2.24, 2.45) is 0 Å². The Bertz CT molecular complexity index is 529. The topological polar surface area (TPSA) is 35.2 Å². The molecule has 0 fully saturated rings. The van der Waals surface area contributed by atoms with E-state index in [1.54, 1.807) is 18.2 Å². The van der Waals surface area contributed by atoms with Crippen molar-refractivity contribution >= 4 is 5.69 Å². The minimum atomic E-state index is -0.442. The van der Waals surface area contributed by atoms with Gasteiger partial charge in [-0.2, -0.15) is 0 Å². The van der Waals surface area contributed by atoms with Crippen molar-refractivity contribution in [1.29, 1.82) is 0 Å². The third-order valence-corrected chi connectivity index (χ3v) is 2.32. The van der Waals surface area contributed by atoms with Crippen molar-refractivity contribution in [3.05, 3.63) is 59.7 Å². The first-order valence-electron chi connectivity index (χ1n) is 5.08. The molecule has 0 saturated carbocycles. The second-order valence-electron chi connectivity index (χ2n) is 3.56. The van der Waals surface area contributed by atoms with E-state index >= 15 is 0 Å². The van der Waals surface area contributed by atoms with E-state index in [-0.39, 0.29) is 18.2 Å². The Kier molecular flexibility index (Phi) is 3.23. The summed E-state index contributed by atoms with van der Waals surface area (Å²) in [6.45, 7) is 0.0142. The first-order valence-corrected chi connectivity index (χ1v) is 5.08. The predicted octanol–water partition coefficient (Wildman–Crippen LogP) is 3.13. The summed E-state index contributed by atoms with van der Waals surface area (Å²) in [5.74, 6) is -0.585. The van der Waals surface area contributed by atoms with Gasteiger partial charge in [0, 0.05) is 11.6 Å². The van der Waals surface area contributed by atoms with Gasteiger partial charge < -0.3 is 10.5 Å². The zero-order chi connectivity index (χ0) is 12.3. The number of benzene rings is 2. The molecule has 0 amide bonds. The molecule has 0 atom stereocenters. The van der Waals surface area contributed by atoms with E-state index in [1.165, 1.54) is 24.3 Å². The lowest BCUT2D eigenvalue weighted by molar-refractivity contribution is 0.300. The summed E-state index contributed by atoms with van der Waals surface area (Å²) in [4.78, 5) is 0. The molecule has 0 spiro atoms. The Morgan fingerprint density at radius 3 is 2.59 bits per heavy atom. The fourth-order valence-corrected chi connectivity index (χ4v) is 1.40. The number of halogens is 2. The van der Waals surface area contributed by atoms with Crippen LogP contribution in [-0.2, 0) is 6.61 Å². The van der Waals surface area contributed by atoms with E-state index in [9.17, 15) is 8.78 Å². The van der Waals surface area contributed by atoms with E-state index in [1.807, 2.05) is 0 Å². The van der Waals surface area contributed by atoms with E-state index in [4.69, 9.17) is 10.5 Å². The molecule has 2 nitrogen and oxygen atoms in total. The van der Waals surface area contributed by atoms with Crippen LogP contribution >= 0.6 is 0 Å². The third kappa shape index (κ3) is 2.72. The summed E-state index contributed by atoms with van der Waals surface area (Å²) in [5, 5.41) is 0. The average molecular weight is 235 g/mol. The molecule has 0 aliphatic rings. The van der Waals surface area contributed by atoms with Crippen LogP contribution in [0.1, 0.15) is 5.56 Å². The number of hydrogen-bond acceptors (Lipinski definition) is 2. The molecule has 2 aromatic carbocycles. The van der Waals surface area contributed by atoms with Gasteiger partial charge in [-0.15, -0.1) is 0 Å². The Morgan fingerprint density at radius 1 is 1.06 bits per heavy atom. The molecule has 2 rings (SSSR count). The molecule has 0 aromatic heterocycles. The number of hydrogen-bond donors (Lipinski definition) is 1. The molecular formula is C13H11F2NO. The van der Waals surface area contributed by atoms with Crippen LogP contribution in [0.2, 0.25) is 0 Å². The van der Waals surface area contributed by atoms with Gasteiger partial charge in [0.15, 0.2) is 0 Å². The van der Waals surface area contributed by atoms with Crippen molar-refractivity contribution < 1.29 is 13.5 Å². The molecule has 2 N–H and O–H groups in total. The molecule has 0 heterocycles. The minimum Gasteiger partial charge on any atom is -0.487 e. The smallest absolute Gasteiger partial charge is 0.145 e. The highest BCUT2D eigenvalue weighted by molar-refractivity contribution is 5.52. The fraction of sp³-hybridized carbons (Fsp3) is 0.0769. The van der Waals surface area contributed by atoms with E-state index in [0.717, 1.165) is 0 Å². The van der Waals surface area contributed by atoms with Gasteiger partial charge in [0.1, 0.15) is 24.0 Å². The van der Waals surface area contributed by atoms with Gasteiger partial charge in [0.25, 0.3) is 0 Å². The Labute approximate surface area is 97.6 Å². The zero-order valence-electron chi connectivity index (χ0n) is 8.99. The Morgan fingerprint density at radius 2 is 1.82 bits per heavy atom. The van der Waals surface area contributed by atoms with Crippen LogP contribution in [0.5, 0.6) is 5.75 Å². The highest BCUT2D eigenvalue weighted by Gasteiger charge is 2.05. The molecule has 0 radical (unpaired) electrons. The van der Waals surface area contributed by atoms with Crippen LogP contribution in [0.4, 0.5) is 14.5 Å². The van der Waals surface area contributed by atoms with Crippen LogP contribution in [0.15, 0.2) is 42.5 Å². The van der Waals surface area contributed by atoms with Crippen LogP contribution in [-0.4, -0.2) is 0 Å². The Balaban J connectivity index is 2.12. The fourth-order valence-electron chi connectivity index (χ4n) is 1.40. The van der Waals surface area contributed by atoms with Crippen LogP contribution in [0.3, 0.4) is 0 Å². The lowest BCUT2D eigenvalue weighted by Gasteiger charge is -2.09. The van der Waals surface area contributed by atoms with E-state index in [0.29, 0.717) is 11.3 Å². The van der Waals surface area contributed by atoms with Gasteiger partial charge in [-0.3, -0.25) is 0 Å². The average Bonchev–Trinajstić information content (AvgIpc) is 2.32. The highest BCUT2D eigenvalue weighted by atomic mass is 19.1. The molecule has 88 valence electrons. The number of nitrogens with two attached hydrogens (primary N) is 1. The summed E-state index contributed by atoms with van der Waals surface area (Å²) >= 11 is 0. The number of rotatable bonds is 3. The van der Waals surface area contributed by atoms with Crippen molar-refractivity contribution in [3.63, 3.8) is 0 Å². The molecule has 0 unspecified atom stereocenters. The second-order valence-corrected chi connectivity index (χ2v) is 3.56. The van der Waals surface area contributed by atoms with Crippen LogP contribution in [0, 0.1) is 11.6 Å². The lowest BCUT2D eigenvalue weighted by Crippen LogP contribution is -2.01. The van der Waals surface area contributed by atoms with Gasteiger partial charge in [-0.1, -0.05) is 18.2 Å². The molecule has 0 bridgehead atoms. The molecule has 17 heavy (non-hydrogen) atoms. The van der Waals surface area contributed by atoms with E-state index < -0.39 is 5.82 Å². The molecule has 2 aromatic rings. The highest BCUT2D eigenvalue weighted by Crippen LogP contribution is 2.23. The quantitative estimate of drug-likeness (QED) is 0.829. The third-order valence-electron chi connectivity index (χ3n) is 2.32. The van der Waals surface area contributed by atoms with Crippen molar-refractivity contribution in [2.45, 2.75) is 6.61 Å². The summed E-state index contributed by atoms with van der Waals surface area (Å²) in [6, 6.07) is 10.1. The second kappa shape index (κ2) is 4.82. The first kappa shape index (κ1) is 11.4. The molecule has 0 aliphatic heterocycles. The molecular weight excluding hydrogens is 224 g/mol. The summed E-state index contributed by atoms with van der Waals surface area (Å²) in [6.07, 6.45) is 0. The monoisotopic (exact) mass is 235 g/mol. The van der Waals surface area contributed by atoms with Crippen molar-refractivity contribution in [2.75, 3.05) is 5.73 Å². The molecule has 4 heteroatoms. The van der Waals surface area contributed by atoms with Gasteiger partial charge in [-0.05, 0) is 18.2 Å². The standard InChI is InChI=1S/C13H11F2NO/c14-10-5-6-12(16)13(7-10)17-8-9-3-1-2-4-11(9)15/h1-7H,8,16H2. The zero-order valence-corrected chi connectivity index (χ0v) is 8.99. The number of nitrogen functional groups attached to an aromatic ring is 1. The van der Waals surface area contributed by atoms with Crippen molar-refractivity contribution in [3.8, 4) is 5.75 Å². The normalized spacial score (nSPS) is 10.2. The SMILES string of the molecule is Nc1ccc(F)cc1OCc1ccccc1F. The number of anilines is 1. The van der Waals surface area contributed by atoms with Crippen LogP contribution in [0.25, 0.3) is 0 Å². The lowest BCUT2D eigenvalue weighted by atomic mass is 10.2.